The summed E-state index contributed by atoms with van der Waals surface area (Å²) < 4.78 is 0. The molecule has 0 unspecified atom stereocenters. The Morgan fingerprint density at radius 1 is 0.917 bits per heavy atom. The molecule has 4 N–H and O–H groups in total. The number of hydrogen-bond donors (Lipinski definition) is 4. The van der Waals surface area contributed by atoms with Crippen LogP contribution in [0.5, 0.6) is 0 Å². The standard InChI is InChI=1S/C5H11IN4Si2/c1-11(7-2-3-8-11)12(6)9-4-5-10-12/h2-5,7-10H,1H3. The highest BCUT2D eigenvalue weighted by Gasteiger charge is 2.55. The van der Waals surface area contributed by atoms with Crippen molar-refractivity contribution >= 4 is 35.1 Å². The van der Waals surface area contributed by atoms with Crippen molar-refractivity contribution in [2.45, 2.75) is 6.55 Å². The highest BCUT2D eigenvalue weighted by Crippen LogP contribution is 2.20. The summed E-state index contributed by atoms with van der Waals surface area (Å²) in [4.78, 5) is 13.8. The fourth-order valence-corrected chi connectivity index (χ4v) is 11.7. The molecule has 2 rings (SSSR count). The summed E-state index contributed by atoms with van der Waals surface area (Å²) in [5.74, 6) is 0. The van der Waals surface area contributed by atoms with Gasteiger partial charge in [-0.15, -0.1) is 0 Å². The van der Waals surface area contributed by atoms with E-state index in [0.29, 0.717) is 0 Å². The lowest BCUT2D eigenvalue weighted by molar-refractivity contribution is 1.20. The molecule has 2 heterocycles. The maximum Gasteiger partial charge on any atom is 0.357 e. The molecule has 0 spiro atoms. The molecule has 0 amide bonds. The number of halogens is 1. The molecule has 0 atom stereocenters. The number of hydrogen-bond acceptors (Lipinski definition) is 4. The Morgan fingerprint density at radius 3 is 1.83 bits per heavy atom. The first kappa shape index (κ1) is 8.44. The molecule has 0 aromatic carbocycles. The van der Waals surface area contributed by atoms with Gasteiger partial charge in [0.15, 0.2) is 0 Å². The van der Waals surface area contributed by atoms with Gasteiger partial charge in [0.1, 0.15) is 0 Å². The molecule has 2 aliphatic rings. The SMILES string of the molecule is C[Si]1([Si]2(I)NC=CN2)NC=CN1. The van der Waals surface area contributed by atoms with Gasteiger partial charge < -0.3 is 19.9 Å². The monoisotopic (exact) mass is 310 g/mol. The first-order valence-electron chi connectivity index (χ1n) is 3.76. The molecule has 0 bridgehead atoms. The lowest BCUT2D eigenvalue weighted by Gasteiger charge is -2.34. The highest BCUT2D eigenvalue weighted by molar-refractivity contribution is 14.1. The van der Waals surface area contributed by atoms with Crippen molar-refractivity contribution in [2.75, 3.05) is 0 Å². The largest absolute Gasteiger partial charge is 0.398 e. The highest BCUT2D eigenvalue weighted by atomic mass is 127. The Morgan fingerprint density at radius 2 is 1.33 bits per heavy atom. The first-order chi connectivity index (χ1) is 5.66. The minimum absolute atomic E-state index is 1.55. The van der Waals surface area contributed by atoms with Crippen LogP contribution in [0.3, 0.4) is 0 Å². The van der Waals surface area contributed by atoms with E-state index in [9.17, 15) is 0 Å². The maximum absolute atomic E-state index is 3.45. The zero-order valence-corrected chi connectivity index (χ0v) is 10.8. The average molecular weight is 310 g/mol. The predicted octanol–water partition coefficient (Wildman–Crippen LogP) is -0.161. The minimum atomic E-state index is -1.56. The van der Waals surface area contributed by atoms with E-state index < -0.39 is 13.3 Å². The van der Waals surface area contributed by atoms with Gasteiger partial charge in [-0.3, -0.25) is 0 Å². The molecule has 0 saturated heterocycles. The molecule has 12 heavy (non-hydrogen) atoms. The van der Waals surface area contributed by atoms with Crippen molar-refractivity contribution in [3.63, 3.8) is 0 Å². The summed E-state index contributed by atoms with van der Waals surface area (Å²) in [7, 11) is -1.55. The van der Waals surface area contributed by atoms with E-state index >= 15 is 0 Å². The fraction of sp³-hybridized carbons (Fsp3) is 0.200. The van der Waals surface area contributed by atoms with E-state index in [2.05, 4.69) is 48.3 Å². The van der Waals surface area contributed by atoms with Gasteiger partial charge in [-0.05, 0) is 6.55 Å². The van der Waals surface area contributed by atoms with Crippen LogP contribution in [0.15, 0.2) is 24.8 Å². The Kier molecular flexibility index (Phi) is 1.88. The third kappa shape index (κ3) is 1.07. The fourth-order valence-electron chi connectivity index (χ4n) is 1.30. The van der Waals surface area contributed by atoms with E-state index in [-0.39, 0.29) is 0 Å². The lowest BCUT2D eigenvalue weighted by atomic mass is 11.0. The van der Waals surface area contributed by atoms with Crippen molar-refractivity contribution in [3.05, 3.63) is 24.8 Å². The van der Waals surface area contributed by atoms with Crippen LogP contribution in [0.4, 0.5) is 0 Å². The normalized spacial score (nSPS) is 27.2. The molecule has 4 nitrogen and oxygen atoms in total. The van der Waals surface area contributed by atoms with E-state index in [0.717, 1.165) is 0 Å². The van der Waals surface area contributed by atoms with Gasteiger partial charge in [0.2, 0.25) is 0 Å². The average Bonchev–Trinajstić information content (AvgIpc) is 2.60. The summed E-state index contributed by atoms with van der Waals surface area (Å²) in [5.41, 5.74) is -1.56. The topological polar surface area (TPSA) is 48.1 Å². The zero-order valence-electron chi connectivity index (χ0n) is 6.69. The van der Waals surface area contributed by atoms with Gasteiger partial charge in [0, 0.05) is 24.8 Å². The summed E-state index contributed by atoms with van der Waals surface area (Å²) in [6.45, 7) is 2.29. The predicted molar refractivity (Wildman–Crippen MR) is 62.2 cm³/mol. The molecule has 66 valence electrons. The van der Waals surface area contributed by atoms with Crippen LogP contribution in [0.25, 0.3) is 0 Å². The van der Waals surface area contributed by atoms with E-state index in [1.54, 1.807) is 0 Å². The quantitative estimate of drug-likeness (QED) is 0.309. The van der Waals surface area contributed by atoms with E-state index in [1.165, 1.54) is 0 Å². The molecule has 0 aromatic rings. The van der Waals surface area contributed by atoms with Gasteiger partial charge in [-0.25, -0.2) is 0 Å². The van der Waals surface area contributed by atoms with Gasteiger partial charge >= 0.3 is 13.3 Å². The summed E-state index contributed by atoms with van der Waals surface area (Å²) in [6.07, 6.45) is 8.00. The van der Waals surface area contributed by atoms with Crippen LogP contribution in [0.1, 0.15) is 0 Å². The molecule has 2 aliphatic heterocycles. The van der Waals surface area contributed by atoms with Crippen molar-refractivity contribution in [1.29, 1.82) is 0 Å². The third-order valence-electron chi connectivity index (χ3n) is 2.16. The maximum atomic E-state index is 3.45. The van der Waals surface area contributed by atoms with Crippen molar-refractivity contribution in [3.8, 4) is 0 Å². The third-order valence-corrected chi connectivity index (χ3v) is 23.6. The van der Waals surface area contributed by atoms with Gasteiger partial charge in [-0.1, -0.05) is 21.8 Å². The molecule has 0 aromatic heterocycles. The Balaban J connectivity index is 2.17. The Hall–Kier alpha value is -0.156. The number of nitrogens with one attached hydrogen (secondary N) is 4. The second-order valence-electron chi connectivity index (χ2n) is 3.03. The van der Waals surface area contributed by atoms with Crippen LogP contribution in [0.2, 0.25) is 6.55 Å². The summed E-state index contributed by atoms with van der Waals surface area (Å²) >= 11 is 2.53. The summed E-state index contributed by atoms with van der Waals surface area (Å²) in [5, 5.41) is 0. The lowest BCUT2D eigenvalue weighted by Crippen LogP contribution is -2.79. The zero-order chi connectivity index (χ0) is 8.66. The molecule has 0 fully saturated rings. The second-order valence-corrected chi connectivity index (χ2v) is 20.9. The minimum Gasteiger partial charge on any atom is -0.398 e. The van der Waals surface area contributed by atoms with Crippen LogP contribution in [-0.2, 0) is 0 Å². The van der Waals surface area contributed by atoms with Crippen molar-refractivity contribution < 1.29 is 0 Å². The second kappa shape index (κ2) is 2.67. The van der Waals surface area contributed by atoms with Gasteiger partial charge in [0.25, 0.3) is 0 Å². The van der Waals surface area contributed by atoms with Crippen LogP contribution >= 0.6 is 21.8 Å². The smallest absolute Gasteiger partial charge is 0.357 e. The molecule has 0 radical (unpaired) electrons. The van der Waals surface area contributed by atoms with Crippen molar-refractivity contribution in [2.24, 2.45) is 0 Å². The molecule has 0 aliphatic carbocycles. The Labute approximate surface area is 86.2 Å². The molecular weight excluding hydrogens is 299 g/mol. The molecular formula is C5H11IN4Si2. The molecule has 0 saturated carbocycles. The van der Waals surface area contributed by atoms with Crippen molar-refractivity contribution in [1.82, 2.24) is 19.9 Å². The van der Waals surface area contributed by atoms with Crippen LogP contribution in [-0.4, -0.2) is 13.3 Å². The first-order valence-corrected chi connectivity index (χ1v) is 12.4. The number of rotatable bonds is 1. The molecule has 7 heteroatoms. The Bertz CT molecular complexity index is 212. The van der Waals surface area contributed by atoms with Gasteiger partial charge in [-0.2, -0.15) is 0 Å². The van der Waals surface area contributed by atoms with Crippen LogP contribution in [0, 0.1) is 0 Å². The van der Waals surface area contributed by atoms with E-state index in [4.69, 9.17) is 0 Å². The van der Waals surface area contributed by atoms with E-state index in [1.807, 2.05) is 24.8 Å². The van der Waals surface area contributed by atoms with Crippen LogP contribution < -0.4 is 19.9 Å². The van der Waals surface area contributed by atoms with Gasteiger partial charge in [0.05, 0.1) is 0 Å². The summed E-state index contributed by atoms with van der Waals surface area (Å²) in [6, 6.07) is 0.